The Labute approximate surface area is 121 Å². The van der Waals surface area contributed by atoms with E-state index in [0.717, 1.165) is 25.9 Å². The third kappa shape index (κ3) is 4.89. The third-order valence-electron chi connectivity index (χ3n) is 3.45. The minimum absolute atomic E-state index is 0.314. The Hall–Kier alpha value is -1.49. The summed E-state index contributed by atoms with van der Waals surface area (Å²) >= 11 is 0. The van der Waals surface area contributed by atoms with E-state index in [4.69, 9.17) is 10.5 Å². The number of unbranched alkanes of at least 4 members (excludes halogenated alkanes) is 1. The first-order valence-electron chi connectivity index (χ1n) is 7.02. The highest BCUT2D eigenvalue weighted by Crippen LogP contribution is 2.28. The van der Waals surface area contributed by atoms with E-state index in [0.29, 0.717) is 23.2 Å². The molecule has 3 N–H and O–H groups in total. The number of nitrogens with two attached hydrogens (primary N) is 1. The molecule has 0 fully saturated rings. The van der Waals surface area contributed by atoms with Gasteiger partial charge in [-0.25, -0.2) is 4.39 Å². The van der Waals surface area contributed by atoms with E-state index in [1.807, 2.05) is 0 Å². The lowest BCUT2D eigenvalue weighted by Crippen LogP contribution is -2.27. The second-order valence-electron chi connectivity index (χ2n) is 5.28. The highest BCUT2D eigenvalue weighted by Gasteiger charge is 2.08. The SMILES string of the molecule is COc1cc(NCCCCN(C)C(C)C)c(F)cc1N. The minimum atomic E-state index is -0.345. The second-order valence-corrected chi connectivity index (χ2v) is 5.28. The summed E-state index contributed by atoms with van der Waals surface area (Å²) in [6, 6.07) is 3.44. The van der Waals surface area contributed by atoms with Crippen LogP contribution < -0.4 is 15.8 Å². The van der Waals surface area contributed by atoms with E-state index in [1.54, 1.807) is 6.07 Å². The second kappa shape index (κ2) is 7.94. The molecule has 20 heavy (non-hydrogen) atoms. The van der Waals surface area contributed by atoms with Gasteiger partial charge in [0.25, 0.3) is 0 Å². The number of halogens is 1. The number of methoxy groups -OCH3 is 1. The average Bonchev–Trinajstić information content (AvgIpc) is 2.40. The van der Waals surface area contributed by atoms with Crippen LogP contribution in [0, 0.1) is 5.82 Å². The number of hydrogen-bond donors (Lipinski definition) is 2. The van der Waals surface area contributed by atoms with Crippen molar-refractivity contribution in [2.45, 2.75) is 32.7 Å². The van der Waals surface area contributed by atoms with Crippen molar-refractivity contribution in [3.63, 3.8) is 0 Å². The molecule has 1 aromatic carbocycles. The largest absolute Gasteiger partial charge is 0.495 e. The smallest absolute Gasteiger partial charge is 0.148 e. The summed E-state index contributed by atoms with van der Waals surface area (Å²) in [6.45, 7) is 6.13. The maximum Gasteiger partial charge on any atom is 0.148 e. The number of hydrogen-bond acceptors (Lipinski definition) is 4. The van der Waals surface area contributed by atoms with Gasteiger partial charge in [0.1, 0.15) is 11.6 Å². The molecule has 1 aromatic rings. The summed E-state index contributed by atoms with van der Waals surface area (Å²) in [5.74, 6) is 0.149. The molecule has 0 saturated carbocycles. The monoisotopic (exact) mass is 283 g/mol. The van der Waals surface area contributed by atoms with Crippen LogP contribution in [0.1, 0.15) is 26.7 Å². The van der Waals surface area contributed by atoms with Crippen molar-refractivity contribution >= 4 is 11.4 Å². The molecule has 5 heteroatoms. The molecule has 1 rings (SSSR count). The Kier molecular flexibility index (Phi) is 6.58. The van der Waals surface area contributed by atoms with Gasteiger partial charge in [-0.05, 0) is 40.3 Å². The fraction of sp³-hybridized carbons (Fsp3) is 0.600. The highest BCUT2D eigenvalue weighted by molar-refractivity contribution is 5.62. The predicted molar refractivity (Wildman–Crippen MR) is 82.9 cm³/mol. The Morgan fingerprint density at radius 2 is 2.05 bits per heavy atom. The van der Waals surface area contributed by atoms with E-state index in [9.17, 15) is 4.39 Å². The molecule has 0 bridgehead atoms. The van der Waals surface area contributed by atoms with Crippen molar-refractivity contribution in [1.29, 1.82) is 0 Å². The first kappa shape index (κ1) is 16.6. The van der Waals surface area contributed by atoms with Gasteiger partial charge in [0.2, 0.25) is 0 Å². The molecule has 114 valence electrons. The average molecular weight is 283 g/mol. The number of nitrogens with one attached hydrogen (secondary N) is 1. The van der Waals surface area contributed by atoms with Gasteiger partial charge in [-0.3, -0.25) is 0 Å². The number of rotatable bonds is 8. The summed E-state index contributed by atoms with van der Waals surface area (Å²) in [7, 11) is 3.64. The summed E-state index contributed by atoms with van der Waals surface area (Å²) < 4.78 is 18.8. The lowest BCUT2D eigenvalue weighted by molar-refractivity contribution is 0.269. The normalized spacial score (nSPS) is 11.2. The quantitative estimate of drug-likeness (QED) is 0.569. The summed E-state index contributed by atoms with van der Waals surface area (Å²) in [6.07, 6.45) is 2.07. The molecule has 0 aliphatic carbocycles. The molecule has 0 radical (unpaired) electrons. The maximum atomic E-state index is 13.7. The molecule has 0 heterocycles. The van der Waals surface area contributed by atoms with Crippen molar-refractivity contribution < 1.29 is 9.13 Å². The van der Waals surface area contributed by atoms with Crippen LogP contribution in [0.4, 0.5) is 15.8 Å². The molecular formula is C15H26FN3O. The van der Waals surface area contributed by atoms with Crippen LogP contribution in [0.25, 0.3) is 0 Å². The molecule has 0 aromatic heterocycles. The van der Waals surface area contributed by atoms with Gasteiger partial charge < -0.3 is 20.7 Å². The van der Waals surface area contributed by atoms with E-state index in [2.05, 4.69) is 31.1 Å². The van der Waals surface area contributed by atoms with Gasteiger partial charge in [0.15, 0.2) is 0 Å². The van der Waals surface area contributed by atoms with Crippen molar-refractivity contribution in [2.75, 3.05) is 38.3 Å². The Balaban J connectivity index is 2.39. The molecular weight excluding hydrogens is 257 g/mol. The first-order chi connectivity index (χ1) is 9.45. The number of ether oxygens (including phenoxy) is 1. The van der Waals surface area contributed by atoms with Crippen molar-refractivity contribution in [1.82, 2.24) is 4.90 Å². The maximum absolute atomic E-state index is 13.7. The van der Waals surface area contributed by atoms with Crippen molar-refractivity contribution in [2.24, 2.45) is 0 Å². The van der Waals surface area contributed by atoms with Gasteiger partial charge >= 0.3 is 0 Å². The van der Waals surface area contributed by atoms with E-state index >= 15 is 0 Å². The third-order valence-corrected chi connectivity index (χ3v) is 3.45. The molecule has 0 aliphatic heterocycles. The van der Waals surface area contributed by atoms with Crippen LogP contribution in [0.3, 0.4) is 0 Å². The molecule has 0 unspecified atom stereocenters. The Bertz CT molecular complexity index is 424. The standard InChI is InChI=1S/C15H26FN3O/c1-11(2)19(3)8-6-5-7-18-14-10-15(20-4)13(17)9-12(14)16/h9-11,18H,5-8,17H2,1-4H3. The van der Waals surface area contributed by atoms with E-state index in [-0.39, 0.29) is 5.82 Å². The highest BCUT2D eigenvalue weighted by atomic mass is 19.1. The van der Waals surface area contributed by atoms with Crippen LogP contribution in [0.5, 0.6) is 5.75 Å². The van der Waals surface area contributed by atoms with Gasteiger partial charge in [-0.2, -0.15) is 0 Å². The fourth-order valence-corrected chi connectivity index (χ4v) is 1.85. The zero-order valence-electron chi connectivity index (χ0n) is 12.9. The van der Waals surface area contributed by atoms with Gasteiger partial charge in [-0.15, -0.1) is 0 Å². The molecule has 0 amide bonds. The number of nitrogen functional groups attached to an aromatic ring is 1. The van der Waals surface area contributed by atoms with Crippen LogP contribution in [0.15, 0.2) is 12.1 Å². The van der Waals surface area contributed by atoms with E-state index < -0.39 is 0 Å². The Morgan fingerprint density at radius 3 is 2.65 bits per heavy atom. The number of nitrogens with zero attached hydrogens (tertiary/aromatic N) is 1. The van der Waals surface area contributed by atoms with Gasteiger partial charge in [0, 0.05) is 24.7 Å². The zero-order chi connectivity index (χ0) is 15.1. The fourth-order valence-electron chi connectivity index (χ4n) is 1.85. The van der Waals surface area contributed by atoms with Crippen molar-refractivity contribution in [3.05, 3.63) is 17.9 Å². The first-order valence-corrected chi connectivity index (χ1v) is 7.02. The zero-order valence-corrected chi connectivity index (χ0v) is 12.9. The number of anilines is 2. The Morgan fingerprint density at radius 1 is 1.35 bits per heavy atom. The van der Waals surface area contributed by atoms with Crippen LogP contribution in [-0.4, -0.2) is 38.2 Å². The summed E-state index contributed by atoms with van der Waals surface area (Å²) in [5, 5.41) is 3.09. The molecule has 0 saturated heterocycles. The minimum Gasteiger partial charge on any atom is -0.495 e. The van der Waals surface area contributed by atoms with E-state index in [1.165, 1.54) is 13.2 Å². The molecule has 0 aliphatic rings. The molecule has 0 atom stereocenters. The van der Waals surface area contributed by atoms with Gasteiger partial charge in [-0.1, -0.05) is 0 Å². The molecule has 4 nitrogen and oxygen atoms in total. The topological polar surface area (TPSA) is 50.5 Å². The summed E-state index contributed by atoms with van der Waals surface area (Å²) in [4.78, 5) is 2.30. The van der Waals surface area contributed by atoms with Crippen molar-refractivity contribution in [3.8, 4) is 5.75 Å². The van der Waals surface area contributed by atoms with Crippen LogP contribution in [0.2, 0.25) is 0 Å². The lowest BCUT2D eigenvalue weighted by atomic mass is 10.2. The van der Waals surface area contributed by atoms with Crippen LogP contribution in [-0.2, 0) is 0 Å². The lowest BCUT2D eigenvalue weighted by Gasteiger charge is -2.20. The molecule has 0 spiro atoms. The summed E-state index contributed by atoms with van der Waals surface area (Å²) in [5.41, 5.74) is 6.39. The predicted octanol–water partition coefficient (Wildman–Crippen LogP) is 2.95. The van der Waals surface area contributed by atoms with Gasteiger partial charge in [0.05, 0.1) is 18.5 Å². The van der Waals surface area contributed by atoms with Crippen LogP contribution >= 0.6 is 0 Å². The number of benzene rings is 1.